The van der Waals surface area contributed by atoms with Crippen LogP contribution in [0.25, 0.3) is 0 Å². The number of nitrogens with two attached hydrogens (primary N) is 1. The molecule has 0 atom stereocenters. The largest absolute Gasteiger partial charge is 0.321 e. The van der Waals surface area contributed by atoms with Crippen LogP contribution in [0.1, 0.15) is 10.4 Å². The van der Waals surface area contributed by atoms with Gasteiger partial charge in [0.2, 0.25) is 10.0 Å². The third-order valence-electron chi connectivity index (χ3n) is 2.62. The monoisotopic (exact) mass is 344 g/mol. The van der Waals surface area contributed by atoms with Crippen molar-refractivity contribution in [2.75, 3.05) is 5.32 Å². The predicted molar refractivity (Wildman–Crippen MR) is 82.2 cm³/mol. The zero-order chi connectivity index (χ0) is 15.6. The van der Waals surface area contributed by atoms with Crippen molar-refractivity contribution in [3.8, 4) is 0 Å². The SMILES string of the molecule is NS(=O)(=O)c1ccc(NC(=O)c2ccc(Cl)cc2)c(Cl)c1. The van der Waals surface area contributed by atoms with E-state index < -0.39 is 15.9 Å². The number of carbonyl (C=O) groups excluding carboxylic acids is 1. The van der Waals surface area contributed by atoms with E-state index in [0.29, 0.717) is 10.6 Å². The van der Waals surface area contributed by atoms with E-state index in [1.165, 1.54) is 18.2 Å². The van der Waals surface area contributed by atoms with Crippen LogP contribution in [-0.2, 0) is 10.0 Å². The molecule has 21 heavy (non-hydrogen) atoms. The topological polar surface area (TPSA) is 89.3 Å². The van der Waals surface area contributed by atoms with Crippen LogP contribution in [0, 0.1) is 0 Å². The van der Waals surface area contributed by atoms with E-state index >= 15 is 0 Å². The lowest BCUT2D eigenvalue weighted by molar-refractivity contribution is 0.102. The molecule has 1 amide bonds. The molecule has 0 saturated carbocycles. The number of primary sulfonamides is 1. The highest BCUT2D eigenvalue weighted by Gasteiger charge is 2.13. The number of benzene rings is 2. The molecule has 0 aliphatic heterocycles. The van der Waals surface area contributed by atoms with Gasteiger partial charge in [-0.3, -0.25) is 4.79 Å². The van der Waals surface area contributed by atoms with Crippen molar-refractivity contribution in [3.63, 3.8) is 0 Å². The van der Waals surface area contributed by atoms with Gasteiger partial charge in [0, 0.05) is 10.6 Å². The van der Waals surface area contributed by atoms with Gasteiger partial charge in [0.1, 0.15) is 0 Å². The third kappa shape index (κ3) is 3.95. The Balaban J connectivity index is 2.24. The van der Waals surface area contributed by atoms with Crippen molar-refractivity contribution in [1.29, 1.82) is 0 Å². The molecule has 0 bridgehead atoms. The molecule has 0 spiro atoms. The maximum atomic E-state index is 12.0. The molecule has 2 aromatic carbocycles. The Labute approximate surface area is 131 Å². The van der Waals surface area contributed by atoms with E-state index in [0.717, 1.165) is 0 Å². The van der Waals surface area contributed by atoms with Crippen LogP contribution in [0.5, 0.6) is 0 Å². The smallest absolute Gasteiger partial charge is 0.255 e. The molecule has 0 unspecified atom stereocenters. The summed E-state index contributed by atoms with van der Waals surface area (Å²) in [6.07, 6.45) is 0. The zero-order valence-electron chi connectivity index (χ0n) is 10.5. The van der Waals surface area contributed by atoms with Crippen molar-refractivity contribution < 1.29 is 13.2 Å². The molecule has 3 N–H and O–H groups in total. The number of halogens is 2. The van der Waals surface area contributed by atoms with E-state index in [1.54, 1.807) is 24.3 Å². The van der Waals surface area contributed by atoms with Crippen LogP contribution < -0.4 is 10.5 Å². The normalized spacial score (nSPS) is 11.2. The van der Waals surface area contributed by atoms with Crippen molar-refractivity contribution in [1.82, 2.24) is 0 Å². The number of sulfonamides is 1. The summed E-state index contributed by atoms with van der Waals surface area (Å²) in [7, 11) is -3.84. The highest BCUT2D eigenvalue weighted by Crippen LogP contribution is 2.25. The number of amides is 1. The fourth-order valence-corrected chi connectivity index (χ4v) is 2.53. The molecule has 110 valence electrons. The first-order chi connectivity index (χ1) is 9.77. The first-order valence-electron chi connectivity index (χ1n) is 5.66. The molecular formula is C13H10Cl2N2O3S. The predicted octanol–water partition coefficient (Wildman–Crippen LogP) is 2.89. The standard InChI is InChI=1S/C13H10Cl2N2O3S/c14-9-3-1-8(2-4-9)13(18)17-12-6-5-10(7-11(12)15)21(16,19)20/h1-7H,(H,17,18)(H2,16,19,20). The van der Waals surface area contributed by atoms with Crippen LogP contribution in [0.2, 0.25) is 10.0 Å². The molecule has 0 aromatic heterocycles. The Morgan fingerprint density at radius 3 is 2.19 bits per heavy atom. The first-order valence-corrected chi connectivity index (χ1v) is 7.97. The van der Waals surface area contributed by atoms with Crippen LogP contribution >= 0.6 is 23.2 Å². The van der Waals surface area contributed by atoms with Gasteiger partial charge in [-0.2, -0.15) is 0 Å². The van der Waals surface area contributed by atoms with Gasteiger partial charge in [-0.15, -0.1) is 0 Å². The highest BCUT2D eigenvalue weighted by atomic mass is 35.5. The maximum Gasteiger partial charge on any atom is 0.255 e. The lowest BCUT2D eigenvalue weighted by Gasteiger charge is -2.08. The second-order valence-electron chi connectivity index (χ2n) is 4.15. The first kappa shape index (κ1) is 15.8. The molecule has 0 heterocycles. The Morgan fingerprint density at radius 2 is 1.67 bits per heavy atom. The van der Waals surface area contributed by atoms with E-state index in [9.17, 15) is 13.2 Å². The minimum absolute atomic E-state index is 0.0730. The minimum Gasteiger partial charge on any atom is -0.321 e. The van der Waals surface area contributed by atoms with E-state index in [2.05, 4.69) is 5.32 Å². The summed E-state index contributed by atoms with van der Waals surface area (Å²) in [4.78, 5) is 11.9. The Bertz CT molecular complexity index is 790. The Morgan fingerprint density at radius 1 is 1.05 bits per heavy atom. The molecule has 8 heteroatoms. The average Bonchev–Trinajstić information content (AvgIpc) is 2.40. The summed E-state index contributed by atoms with van der Waals surface area (Å²) in [6, 6.07) is 10.1. The summed E-state index contributed by atoms with van der Waals surface area (Å²) < 4.78 is 22.4. The summed E-state index contributed by atoms with van der Waals surface area (Å²) in [6.45, 7) is 0. The molecule has 0 aliphatic rings. The van der Waals surface area contributed by atoms with Gasteiger partial charge in [0.15, 0.2) is 0 Å². The van der Waals surface area contributed by atoms with Gasteiger partial charge >= 0.3 is 0 Å². The number of carbonyl (C=O) groups is 1. The fraction of sp³-hybridized carbons (Fsp3) is 0. The Hall–Kier alpha value is -1.60. The molecule has 0 saturated heterocycles. The number of hydrogen-bond acceptors (Lipinski definition) is 3. The molecule has 2 aromatic rings. The van der Waals surface area contributed by atoms with E-state index in [-0.39, 0.29) is 15.6 Å². The van der Waals surface area contributed by atoms with Gasteiger partial charge < -0.3 is 5.32 Å². The second kappa shape index (κ2) is 6.03. The highest BCUT2D eigenvalue weighted by molar-refractivity contribution is 7.89. The van der Waals surface area contributed by atoms with Crippen molar-refractivity contribution in [3.05, 3.63) is 58.1 Å². The van der Waals surface area contributed by atoms with E-state index in [1.807, 2.05) is 0 Å². The van der Waals surface area contributed by atoms with Gasteiger partial charge in [-0.25, -0.2) is 13.6 Å². The van der Waals surface area contributed by atoms with Crippen LogP contribution in [-0.4, -0.2) is 14.3 Å². The number of rotatable bonds is 3. The van der Waals surface area contributed by atoms with Crippen LogP contribution in [0.15, 0.2) is 47.4 Å². The third-order valence-corrected chi connectivity index (χ3v) is 4.10. The number of hydrogen-bond donors (Lipinski definition) is 2. The molecule has 0 aliphatic carbocycles. The van der Waals surface area contributed by atoms with Crippen LogP contribution in [0.4, 0.5) is 5.69 Å². The van der Waals surface area contributed by atoms with Crippen molar-refractivity contribution in [2.24, 2.45) is 5.14 Å². The van der Waals surface area contributed by atoms with Crippen molar-refractivity contribution >= 4 is 44.8 Å². The molecule has 2 rings (SSSR count). The second-order valence-corrected chi connectivity index (χ2v) is 6.55. The molecular weight excluding hydrogens is 335 g/mol. The minimum atomic E-state index is -3.84. The maximum absolute atomic E-state index is 12.0. The zero-order valence-corrected chi connectivity index (χ0v) is 12.8. The average molecular weight is 345 g/mol. The lowest BCUT2D eigenvalue weighted by Crippen LogP contribution is -2.14. The van der Waals surface area contributed by atoms with Gasteiger partial charge in [0.25, 0.3) is 5.91 Å². The number of anilines is 1. The van der Waals surface area contributed by atoms with Crippen molar-refractivity contribution in [2.45, 2.75) is 4.90 Å². The fourth-order valence-electron chi connectivity index (χ4n) is 1.57. The van der Waals surface area contributed by atoms with E-state index in [4.69, 9.17) is 28.3 Å². The van der Waals surface area contributed by atoms with Gasteiger partial charge in [0.05, 0.1) is 15.6 Å². The lowest BCUT2D eigenvalue weighted by atomic mass is 10.2. The number of nitrogens with one attached hydrogen (secondary N) is 1. The Kier molecular flexibility index (Phi) is 4.53. The quantitative estimate of drug-likeness (QED) is 0.896. The summed E-state index contributed by atoms with van der Waals surface area (Å²) >= 11 is 11.7. The van der Waals surface area contributed by atoms with Gasteiger partial charge in [-0.1, -0.05) is 23.2 Å². The molecule has 0 radical (unpaired) electrons. The van der Waals surface area contributed by atoms with Gasteiger partial charge in [-0.05, 0) is 42.5 Å². The molecule has 5 nitrogen and oxygen atoms in total. The summed E-state index contributed by atoms with van der Waals surface area (Å²) in [5.74, 6) is -0.392. The van der Waals surface area contributed by atoms with Crippen LogP contribution in [0.3, 0.4) is 0 Å². The molecule has 0 fully saturated rings. The summed E-state index contributed by atoms with van der Waals surface area (Å²) in [5, 5.41) is 8.16. The summed E-state index contributed by atoms with van der Waals surface area (Å²) in [5.41, 5.74) is 0.676.